The molecule has 1 heterocycles. The standard InChI is InChI=1S/C16H12O3/c1-2-16(17)18-10-11-7-8-13-12-5-3-4-6-14(12)19-15(13)9-11/h2-9H,1,10H2. The fourth-order valence-corrected chi connectivity index (χ4v) is 2.07. The second kappa shape index (κ2) is 4.61. The lowest BCUT2D eigenvalue weighted by Gasteiger charge is -2.01. The van der Waals surface area contributed by atoms with Crippen LogP contribution in [0.3, 0.4) is 0 Å². The first-order chi connectivity index (χ1) is 9.28. The minimum absolute atomic E-state index is 0.220. The molecule has 0 saturated carbocycles. The predicted molar refractivity (Wildman–Crippen MR) is 73.7 cm³/mol. The number of furan rings is 1. The number of benzene rings is 2. The van der Waals surface area contributed by atoms with Crippen LogP contribution in [0.15, 0.2) is 59.5 Å². The number of hydrogen-bond donors (Lipinski definition) is 0. The Labute approximate surface area is 110 Å². The van der Waals surface area contributed by atoms with E-state index in [0.717, 1.165) is 33.6 Å². The Morgan fingerprint density at radius 1 is 1.16 bits per heavy atom. The molecule has 0 aliphatic heterocycles. The lowest BCUT2D eigenvalue weighted by Crippen LogP contribution is -1.99. The van der Waals surface area contributed by atoms with E-state index in [2.05, 4.69) is 6.58 Å². The van der Waals surface area contributed by atoms with Crippen molar-refractivity contribution in [2.45, 2.75) is 6.61 Å². The first-order valence-electron chi connectivity index (χ1n) is 5.97. The van der Waals surface area contributed by atoms with E-state index < -0.39 is 5.97 Å². The molecule has 3 heteroatoms. The van der Waals surface area contributed by atoms with Crippen LogP contribution in [0.5, 0.6) is 0 Å². The van der Waals surface area contributed by atoms with Crippen LogP contribution in [0, 0.1) is 0 Å². The third kappa shape index (κ3) is 2.10. The molecule has 0 unspecified atom stereocenters. The van der Waals surface area contributed by atoms with Gasteiger partial charge in [0.05, 0.1) is 0 Å². The molecule has 0 radical (unpaired) electrons. The zero-order valence-electron chi connectivity index (χ0n) is 10.3. The summed E-state index contributed by atoms with van der Waals surface area (Å²) in [4.78, 5) is 11.0. The third-order valence-electron chi connectivity index (χ3n) is 2.99. The van der Waals surface area contributed by atoms with Crippen molar-refractivity contribution >= 4 is 27.9 Å². The summed E-state index contributed by atoms with van der Waals surface area (Å²) in [6, 6.07) is 13.7. The van der Waals surface area contributed by atoms with Gasteiger partial charge in [0.15, 0.2) is 0 Å². The summed E-state index contributed by atoms with van der Waals surface area (Å²) < 4.78 is 10.8. The molecule has 3 rings (SSSR count). The van der Waals surface area contributed by atoms with Crippen molar-refractivity contribution in [3.8, 4) is 0 Å². The number of carbonyl (C=O) groups is 1. The number of hydrogen-bond acceptors (Lipinski definition) is 3. The normalized spacial score (nSPS) is 10.7. The van der Waals surface area contributed by atoms with Crippen LogP contribution in [0.4, 0.5) is 0 Å². The highest BCUT2D eigenvalue weighted by molar-refractivity contribution is 6.04. The molecule has 2 aromatic carbocycles. The zero-order chi connectivity index (χ0) is 13.2. The molecule has 0 amide bonds. The highest BCUT2D eigenvalue weighted by Crippen LogP contribution is 2.29. The number of ether oxygens (including phenoxy) is 1. The molecule has 3 aromatic rings. The van der Waals surface area contributed by atoms with E-state index in [0.29, 0.717) is 0 Å². The van der Waals surface area contributed by atoms with Gasteiger partial charge in [-0.2, -0.15) is 0 Å². The number of esters is 1. The summed E-state index contributed by atoms with van der Waals surface area (Å²) in [7, 11) is 0. The van der Waals surface area contributed by atoms with Gasteiger partial charge in [-0.05, 0) is 17.7 Å². The van der Waals surface area contributed by atoms with Crippen LogP contribution >= 0.6 is 0 Å². The van der Waals surface area contributed by atoms with Gasteiger partial charge in [0.2, 0.25) is 0 Å². The van der Waals surface area contributed by atoms with Gasteiger partial charge >= 0.3 is 5.97 Å². The molecule has 0 atom stereocenters. The van der Waals surface area contributed by atoms with Crippen LogP contribution in [0.1, 0.15) is 5.56 Å². The molecule has 0 saturated heterocycles. The maximum absolute atomic E-state index is 11.0. The zero-order valence-corrected chi connectivity index (χ0v) is 10.3. The summed E-state index contributed by atoms with van der Waals surface area (Å²) in [6.07, 6.45) is 1.15. The van der Waals surface area contributed by atoms with Gasteiger partial charge in [-0.3, -0.25) is 0 Å². The minimum atomic E-state index is -0.426. The van der Waals surface area contributed by atoms with E-state index in [1.807, 2.05) is 42.5 Å². The quantitative estimate of drug-likeness (QED) is 0.525. The Hall–Kier alpha value is -2.55. The Morgan fingerprint density at radius 3 is 2.79 bits per heavy atom. The van der Waals surface area contributed by atoms with Gasteiger partial charge in [0.1, 0.15) is 17.8 Å². The second-order valence-electron chi connectivity index (χ2n) is 4.24. The number of para-hydroxylation sites is 1. The third-order valence-corrected chi connectivity index (χ3v) is 2.99. The minimum Gasteiger partial charge on any atom is -0.458 e. The molecular formula is C16H12O3. The summed E-state index contributed by atoms with van der Waals surface area (Å²) in [5, 5.41) is 2.15. The van der Waals surface area contributed by atoms with E-state index in [9.17, 15) is 4.79 Å². The molecule has 3 nitrogen and oxygen atoms in total. The monoisotopic (exact) mass is 252 g/mol. The second-order valence-corrected chi connectivity index (χ2v) is 4.24. The fraction of sp³-hybridized carbons (Fsp3) is 0.0625. The molecule has 0 fully saturated rings. The summed E-state index contributed by atoms with van der Waals surface area (Å²) in [6.45, 7) is 3.58. The predicted octanol–water partition coefficient (Wildman–Crippen LogP) is 3.82. The lowest BCUT2D eigenvalue weighted by molar-refractivity contribution is -0.138. The molecule has 0 bridgehead atoms. The van der Waals surface area contributed by atoms with Gasteiger partial charge in [-0.1, -0.05) is 36.9 Å². The van der Waals surface area contributed by atoms with Crippen molar-refractivity contribution in [3.63, 3.8) is 0 Å². The number of carbonyl (C=O) groups excluding carboxylic acids is 1. The SMILES string of the molecule is C=CC(=O)OCc1ccc2c(c1)oc1ccccc12. The Balaban J connectivity index is 1.99. The van der Waals surface area contributed by atoms with Gasteiger partial charge in [0.25, 0.3) is 0 Å². The van der Waals surface area contributed by atoms with Crippen LogP contribution in [0.25, 0.3) is 21.9 Å². The molecule has 0 aliphatic rings. The molecular weight excluding hydrogens is 240 g/mol. The van der Waals surface area contributed by atoms with Crippen molar-refractivity contribution in [1.29, 1.82) is 0 Å². The van der Waals surface area contributed by atoms with E-state index in [4.69, 9.17) is 9.15 Å². The van der Waals surface area contributed by atoms with Gasteiger partial charge < -0.3 is 9.15 Å². The molecule has 1 aromatic heterocycles. The maximum Gasteiger partial charge on any atom is 0.330 e. The van der Waals surface area contributed by atoms with E-state index in [-0.39, 0.29) is 6.61 Å². The maximum atomic E-state index is 11.0. The smallest absolute Gasteiger partial charge is 0.330 e. The largest absolute Gasteiger partial charge is 0.458 e. The first-order valence-corrected chi connectivity index (χ1v) is 5.97. The summed E-state index contributed by atoms with van der Waals surface area (Å²) in [5.74, 6) is -0.426. The first kappa shape index (κ1) is 11.5. The molecule has 0 N–H and O–H groups in total. The van der Waals surface area contributed by atoms with Crippen molar-refractivity contribution in [1.82, 2.24) is 0 Å². The van der Waals surface area contributed by atoms with Crippen LogP contribution in [-0.4, -0.2) is 5.97 Å². The lowest BCUT2D eigenvalue weighted by atomic mass is 10.1. The average Bonchev–Trinajstić information content (AvgIpc) is 2.82. The van der Waals surface area contributed by atoms with Gasteiger partial charge in [0, 0.05) is 16.8 Å². The average molecular weight is 252 g/mol. The Morgan fingerprint density at radius 2 is 1.95 bits per heavy atom. The van der Waals surface area contributed by atoms with Crippen molar-refractivity contribution in [3.05, 3.63) is 60.7 Å². The van der Waals surface area contributed by atoms with Crippen molar-refractivity contribution in [2.24, 2.45) is 0 Å². The van der Waals surface area contributed by atoms with Crippen LogP contribution < -0.4 is 0 Å². The number of fused-ring (bicyclic) bond motifs is 3. The fourth-order valence-electron chi connectivity index (χ4n) is 2.07. The molecule has 94 valence electrons. The van der Waals surface area contributed by atoms with E-state index in [1.54, 1.807) is 0 Å². The van der Waals surface area contributed by atoms with Crippen molar-refractivity contribution < 1.29 is 13.9 Å². The Bertz CT molecular complexity index is 768. The van der Waals surface area contributed by atoms with Crippen LogP contribution in [0.2, 0.25) is 0 Å². The Kier molecular flexibility index (Phi) is 2.80. The highest BCUT2D eigenvalue weighted by atomic mass is 16.5. The molecule has 0 spiro atoms. The highest BCUT2D eigenvalue weighted by Gasteiger charge is 2.07. The van der Waals surface area contributed by atoms with Crippen molar-refractivity contribution in [2.75, 3.05) is 0 Å². The molecule has 0 aliphatic carbocycles. The summed E-state index contributed by atoms with van der Waals surface area (Å²) in [5.41, 5.74) is 2.55. The van der Waals surface area contributed by atoms with E-state index >= 15 is 0 Å². The molecule has 19 heavy (non-hydrogen) atoms. The van der Waals surface area contributed by atoms with E-state index in [1.165, 1.54) is 0 Å². The summed E-state index contributed by atoms with van der Waals surface area (Å²) >= 11 is 0. The van der Waals surface area contributed by atoms with Crippen LogP contribution in [-0.2, 0) is 16.1 Å². The van der Waals surface area contributed by atoms with Gasteiger partial charge in [-0.25, -0.2) is 4.79 Å². The van der Waals surface area contributed by atoms with Gasteiger partial charge in [-0.15, -0.1) is 0 Å². The topological polar surface area (TPSA) is 39.4 Å². The number of rotatable bonds is 3.